The molecule has 0 spiro atoms. The van der Waals surface area contributed by atoms with Crippen LogP contribution in [0.25, 0.3) is 11.1 Å². The van der Waals surface area contributed by atoms with Crippen molar-refractivity contribution in [2.24, 2.45) is 5.73 Å². The summed E-state index contributed by atoms with van der Waals surface area (Å²) >= 11 is 0. The number of nitrogens with two attached hydrogens (primary N) is 1. The van der Waals surface area contributed by atoms with Crippen molar-refractivity contribution in [3.05, 3.63) is 53.9 Å². The number of hydrogen-bond donors (Lipinski definition) is 1. The SMILES string of the molecule is COC(c1ccc(-c2ccc(C)nc2)cc1)C(N)CF. The van der Waals surface area contributed by atoms with Gasteiger partial charge in [0.1, 0.15) is 6.67 Å². The molecule has 1 aromatic carbocycles. The normalized spacial score (nSPS) is 14.0. The number of nitrogens with zero attached hydrogens (tertiary/aromatic N) is 1. The number of halogens is 1. The van der Waals surface area contributed by atoms with Crippen LogP contribution in [-0.2, 0) is 4.74 Å². The van der Waals surface area contributed by atoms with Crippen LogP contribution in [-0.4, -0.2) is 24.8 Å². The first-order valence-corrected chi connectivity index (χ1v) is 6.53. The topological polar surface area (TPSA) is 48.1 Å². The molecule has 0 saturated carbocycles. The molecule has 2 atom stereocenters. The maximum atomic E-state index is 12.7. The second-order valence-corrected chi connectivity index (χ2v) is 4.78. The fraction of sp³-hybridized carbons (Fsp3) is 0.312. The summed E-state index contributed by atoms with van der Waals surface area (Å²) in [5, 5.41) is 0. The first-order valence-electron chi connectivity index (χ1n) is 6.53. The summed E-state index contributed by atoms with van der Waals surface area (Å²) in [5.41, 5.74) is 9.68. The summed E-state index contributed by atoms with van der Waals surface area (Å²) in [7, 11) is 1.54. The van der Waals surface area contributed by atoms with Gasteiger partial charge in [-0.15, -0.1) is 0 Å². The molecule has 4 heteroatoms. The molecule has 2 N–H and O–H groups in total. The quantitative estimate of drug-likeness (QED) is 0.911. The van der Waals surface area contributed by atoms with Crippen LogP contribution in [0, 0.1) is 6.92 Å². The van der Waals surface area contributed by atoms with Crippen molar-refractivity contribution < 1.29 is 9.13 Å². The van der Waals surface area contributed by atoms with Crippen LogP contribution >= 0.6 is 0 Å². The van der Waals surface area contributed by atoms with Crippen LogP contribution in [0.5, 0.6) is 0 Å². The Labute approximate surface area is 118 Å². The standard InChI is InChI=1S/C16H19FN2O/c1-11-3-4-14(10-19-11)12-5-7-13(8-6-12)16(20-2)15(18)9-17/h3-8,10,15-16H,9,18H2,1-2H3. The molecule has 106 valence electrons. The second-order valence-electron chi connectivity index (χ2n) is 4.78. The third-order valence-corrected chi connectivity index (χ3v) is 3.30. The minimum absolute atomic E-state index is 0.426. The lowest BCUT2D eigenvalue weighted by Gasteiger charge is -2.20. The lowest BCUT2D eigenvalue weighted by Crippen LogP contribution is -2.31. The van der Waals surface area contributed by atoms with Crippen molar-refractivity contribution in [2.75, 3.05) is 13.8 Å². The van der Waals surface area contributed by atoms with Gasteiger partial charge >= 0.3 is 0 Å². The molecule has 20 heavy (non-hydrogen) atoms. The molecule has 0 amide bonds. The van der Waals surface area contributed by atoms with E-state index in [9.17, 15) is 4.39 Å². The number of benzene rings is 1. The predicted octanol–water partition coefficient (Wildman–Crippen LogP) is 3.04. The first-order chi connectivity index (χ1) is 9.65. The molecule has 2 aromatic rings. The zero-order chi connectivity index (χ0) is 14.5. The lowest BCUT2D eigenvalue weighted by molar-refractivity contribution is 0.0721. The smallest absolute Gasteiger partial charge is 0.107 e. The van der Waals surface area contributed by atoms with Gasteiger partial charge in [-0.1, -0.05) is 30.3 Å². The number of methoxy groups -OCH3 is 1. The Kier molecular flexibility index (Phi) is 4.82. The predicted molar refractivity (Wildman–Crippen MR) is 78.1 cm³/mol. The monoisotopic (exact) mass is 274 g/mol. The van der Waals surface area contributed by atoms with Crippen molar-refractivity contribution in [3.63, 3.8) is 0 Å². The first kappa shape index (κ1) is 14.6. The minimum Gasteiger partial charge on any atom is -0.375 e. The fourth-order valence-corrected chi connectivity index (χ4v) is 2.14. The van der Waals surface area contributed by atoms with E-state index >= 15 is 0 Å². The molecule has 0 fully saturated rings. The molecular weight excluding hydrogens is 255 g/mol. The van der Waals surface area contributed by atoms with E-state index in [-0.39, 0.29) is 0 Å². The average Bonchev–Trinajstić information content (AvgIpc) is 2.49. The summed E-state index contributed by atoms with van der Waals surface area (Å²) in [6, 6.07) is 11.1. The molecule has 0 saturated heterocycles. The molecule has 0 aliphatic carbocycles. The molecule has 1 heterocycles. The number of rotatable bonds is 5. The van der Waals surface area contributed by atoms with Gasteiger partial charge in [-0.05, 0) is 24.1 Å². The zero-order valence-corrected chi connectivity index (χ0v) is 11.7. The molecule has 0 radical (unpaired) electrons. The van der Waals surface area contributed by atoms with Crippen molar-refractivity contribution in [2.45, 2.75) is 19.1 Å². The Morgan fingerprint density at radius 1 is 1.15 bits per heavy atom. The number of aryl methyl sites for hydroxylation is 1. The molecule has 2 unspecified atom stereocenters. The largest absolute Gasteiger partial charge is 0.375 e. The third-order valence-electron chi connectivity index (χ3n) is 3.30. The number of alkyl halides is 1. The summed E-state index contributed by atoms with van der Waals surface area (Å²) in [5.74, 6) is 0. The van der Waals surface area contributed by atoms with Gasteiger partial charge < -0.3 is 10.5 Å². The molecule has 3 nitrogen and oxygen atoms in total. The van der Waals surface area contributed by atoms with E-state index < -0.39 is 18.8 Å². The van der Waals surface area contributed by atoms with Crippen molar-refractivity contribution in [1.29, 1.82) is 0 Å². The molecule has 0 bridgehead atoms. The highest BCUT2D eigenvalue weighted by atomic mass is 19.1. The lowest BCUT2D eigenvalue weighted by atomic mass is 9.99. The fourth-order valence-electron chi connectivity index (χ4n) is 2.14. The summed E-state index contributed by atoms with van der Waals surface area (Å²) < 4.78 is 18.0. The van der Waals surface area contributed by atoms with Gasteiger partial charge in [-0.2, -0.15) is 0 Å². The van der Waals surface area contributed by atoms with E-state index in [2.05, 4.69) is 4.98 Å². The van der Waals surface area contributed by atoms with Crippen molar-refractivity contribution in [3.8, 4) is 11.1 Å². The Balaban J connectivity index is 2.23. The number of aromatic nitrogens is 1. The Bertz CT molecular complexity index is 539. The van der Waals surface area contributed by atoms with E-state index in [1.54, 1.807) is 0 Å². The van der Waals surface area contributed by atoms with E-state index in [4.69, 9.17) is 10.5 Å². The van der Waals surface area contributed by atoms with Gasteiger partial charge in [-0.25, -0.2) is 4.39 Å². The maximum Gasteiger partial charge on any atom is 0.107 e. The van der Waals surface area contributed by atoms with Gasteiger partial charge in [0.2, 0.25) is 0 Å². The molecule has 2 rings (SSSR count). The zero-order valence-electron chi connectivity index (χ0n) is 11.7. The number of ether oxygens (including phenoxy) is 1. The van der Waals surface area contributed by atoms with Gasteiger partial charge in [0.25, 0.3) is 0 Å². The Hall–Kier alpha value is -1.78. The average molecular weight is 274 g/mol. The van der Waals surface area contributed by atoms with Crippen LogP contribution < -0.4 is 5.73 Å². The van der Waals surface area contributed by atoms with Crippen LogP contribution in [0.15, 0.2) is 42.6 Å². The molecule has 1 aromatic heterocycles. The van der Waals surface area contributed by atoms with Crippen molar-refractivity contribution in [1.82, 2.24) is 4.98 Å². The van der Waals surface area contributed by atoms with Crippen LogP contribution in [0.4, 0.5) is 4.39 Å². The Morgan fingerprint density at radius 3 is 2.30 bits per heavy atom. The van der Waals surface area contributed by atoms with Gasteiger partial charge in [0, 0.05) is 24.6 Å². The summed E-state index contributed by atoms with van der Waals surface area (Å²) in [6.45, 7) is 1.34. The highest BCUT2D eigenvalue weighted by Crippen LogP contribution is 2.24. The Morgan fingerprint density at radius 2 is 1.80 bits per heavy atom. The van der Waals surface area contributed by atoms with E-state index in [0.717, 1.165) is 22.4 Å². The van der Waals surface area contributed by atoms with E-state index in [1.165, 1.54) is 7.11 Å². The molecule has 0 aliphatic rings. The van der Waals surface area contributed by atoms with E-state index in [0.29, 0.717) is 0 Å². The minimum atomic E-state index is -0.646. The number of hydrogen-bond acceptors (Lipinski definition) is 3. The highest BCUT2D eigenvalue weighted by molar-refractivity contribution is 5.62. The van der Waals surface area contributed by atoms with Crippen LogP contribution in [0.1, 0.15) is 17.4 Å². The highest BCUT2D eigenvalue weighted by Gasteiger charge is 2.19. The molecule has 0 aliphatic heterocycles. The summed E-state index contributed by atoms with van der Waals surface area (Å²) in [6.07, 6.45) is 1.41. The summed E-state index contributed by atoms with van der Waals surface area (Å²) in [4.78, 5) is 4.28. The van der Waals surface area contributed by atoms with Crippen molar-refractivity contribution >= 4 is 0 Å². The molecular formula is C16H19FN2O. The second kappa shape index (κ2) is 6.59. The van der Waals surface area contributed by atoms with Gasteiger partial charge in [0.15, 0.2) is 0 Å². The third kappa shape index (κ3) is 3.21. The van der Waals surface area contributed by atoms with Gasteiger partial charge in [-0.3, -0.25) is 4.98 Å². The van der Waals surface area contributed by atoms with Gasteiger partial charge in [0.05, 0.1) is 12.1 Å². The van der Waals surface area contributed by atoms with Crippen LogP contribution in [0.2, 0.25) is 0 Å². The maximum absolute atomic E-state index is 12.7. The van der Waals surface area contributed by atoms with Crippen LogP contribution in [0.3, 0.4) is 0 Å². The van der Waals surface area contributed by atoms with E-state index in [1.807, 2.05) is 49.5 Å². The number of pyridine rings is 1.